The predicted octanol–water partition coefficient (Wildman–Crippen LogP) is 4.55. The second-order valence-corrected chi connectivity index (χ2v) is 5.57. The van der Waals surface area contributed by atoms with E-state index in [1.165, 1.54) is 56.1 Å². The average molecular weight is 258 g/mol. The third-order valence-corrected chi connectivity index (χ3v) is 3.60. The molecule has 0 saturated heterocycles. The van der Waals surface area contributed by atoms with Crippen LogP contribution in [0.5, 0.6) is 0 Å². The molecular weight excluding hydrogens is 232 g/mol. The summed E-state index contributed by atoms with van der Waals surface area (Å²) in [6.45, 7) is 6.16. The van der Waals surface area contributed by atoms with Gasteiger partial charge >= 0.3 is 5.97 Å². The minimum Gasteiger partial charge on any atom is -0.462 e. The molecule has 0 bridgehead atoms. The lowest BCUT2D eigenvalue weighted by Gasteiger charge is -2.03. The number of unbranched alkanes of at least 4 members (excludes halogenated alkanes) is 5. The number of rotatable bonds is 10. The Morgan fingerprint density at radius 2 is 1.76 bits per heavy atom. The summed E-state index contributed by atoms with van der Waals surface area (Å²) in [5, 5.41) is 0. The van der Waals surface area contributed by atoms with E-state index in [2.05, 4.69) is 13.8 Å². The fraction of sp³-hybridized carbons (Fsp3) is 0.786. The Balaban J connectivity index is 3.32. The molecule has 0 amide bonds. The summed E-state index contributed by atoms with van der Waals surface area (Å²) < 4.78 is 4.86. The highest BCUT2D eigenvalue weighted by atomic mass is 32.2. The third-order valence-electron chi connectivity index (χ3n) is 2.49. The minimum absolute atomic E-state index is 0.213. The van der Waals surface area contributed by atoms with Gasteiger partial charge in [-0.15, -0.1) is 11.8 Å². The Hall–Kier alpha value is -0.440. The van der Waals surface area contributed by atoms with Crippen LogP contribution in [-0.2, 0) is 9.53 Å². The van der Waals surface area contributed by atoms with Gasteiger partial charge in [-0.2, -0.15) is 0 Å². The highest BCUT2D eigenvalue weighted by Gasteiger charge is 1.94. The van der Waals surface area contributed by atoms with Gasteiger partial charge in [-0.1, -0.05) is 39.0 Å². The molecule has 0 aliphatic carbocycles. The fourth-order valence-electron chi connectivity index (χ4n) is 1.45. The zero-order chi connectivity index (χ0) is 12.9. The molecule has 0 aliphatic rings. The Labute approximate surface area is 110 Å². The summed E-state index contributed by atoms with van der Waals surface area (Å²) in [5.41, 5.74) is 0. The molecule has 0 heterocycles. The second kappa shape index (κ2) is 12.0. The maximum atomic E-state index is 10.6. The van der Waals surface area contributed by atoms with Crippen molar-refractivity contribution < 1.29 is 9.53 Å². The lowest BCUT2D eigenvalue weighted by atomic mass is 10.1. The molecule has 0 aliphatic heterocycles. The maximum Gasteiger partial charge on any atom is 0.302 e. The van der Waals surface area contributed by atoms with E-state index in [0.717, 1.165) is 0 Å². The molecule has 0 atom stereocenters. The standard InChI is InChI=1S/C14H26O2S/c1-4-5-6-7-8-9-12-17-13(2)10-11-16-14(3)15/h10H,4-9,11-12H2,1-3H3. The van der Waals surface area contributed by atoms with E-state index in [-0.39, 0.29) is 5.97 Å². The van der Waals surface area contributed by atoms with Crippen LogP contribution in [-0.4, -0.2) is 18.3 Å². The normalized spacial score (nSPS) is 11.6. The first-order valence-electron chi connectivity index (χ1n) is 6.59. The molecule has 0 radical (unpaired) electrons. The van der Waals surface area contributed by atoms with E-state index < -0.39 is 0 Å². The fourth-order valence-corrected chi connectivity index (χ4v) is 2.31. The first-order chi connectivity index (χ1) is 8.16. The van der Waals surface area contributed by atoms with Crippen molar-refractivity contribution in [1.29, 1.82) is 0 Å². The van der Waals surface area contributed by atoms with Crippen molar-refractivity contribution in [3.8, 4) is 0 Å². The van der Waals surface area contributed by atoms with Crippen molar-refractivity contribution in [2.75, 3.05) is 12.4 Å². The number of hydrogen-bond acceptors (Lipinski definition) is 3. The minimum atomic E-state index is -0.213. The van der Waals surface area contributed by atoms with Gasteiger partial charge in [-0.3, -0.25) is 4.79 Å². The zero-order valence-electron chi connectivity index (χ0n) is 11.5. The number of carbonyl (C=O) groups is 1. The Bertz CT molecular complexity index is 224. The Morgan fingerprint density at radius 1 is 1.12 bits per heavy atom. The number of ether oxygens (including phenoxy) is 1. The first-order valence-corrected chi connectivity index (χ1v) is 7.58. The summed E-state index contributed by atoms with van der Waals surface area (Å²) in [4.78, 5) is 11.8. The van der Waals surface area contributed by atoms with E-state index in [1.807, 2.05) is 17.8 Å². The van der Waals surface area contributed by atoms with Crippen LogP contribution in [0.2, 0.25) is 0 Å². The molecule has 0 N–H and O–H groups in total. The van der Waals surface area contributed by atoms with Crippen molar-refractivity contribution in [1.82, 2.24) is 0 Å². The molecule has 0 fully saturated rings. The van der Waals surface area contributed by atoms with E-state index >= 15 is 0 Å². The summed E-state index contributed by atoms with van der Waals surface area (Å²) >= 11 is 1.86. The summed E-state index contributed by atoms with van der Waals surface area (Å²) in [7, 11) is 0. The SMILES string of the molecule is CCCCCCCCSC(C)=CCOC(C)=O. The number of thioether (sulfide) groups is 1. The summed E-state index contributed by atoms with van der Waals surface area (Å²) in [5.74, 6) is 0.962. The van der Waals surface area contributed by atoms with E-state index in [9.17, 15) is 4.79 Å². The monoisotopic (exact) mass is 258 g/mol. The van der Waals surface area contributed by atoms with Crippen LogP contribution in [0.3, 0.4) is 0 Å². The number of carbonyl (C=O) groups excluding carboxylic acids is 1. The second-order valence-electron chi connectivity index (χ2n) is 4.23. The highest BCUT2D eigenvalue weighted by Crippen LogP contribution is 2.17. The van der Waals surface area contributed by atoms with Crippen LogP contribution in [0.15, 0.2) is 11.0 Å². The van der Waals surface area contributed by atoms with E-state index in [1.54, 1.807) is 0 Å². The number of esters is 1. The molecule has 100 valence electrons. The molecule has 0 rings (SSSR count). The van der Waals surface area contributed by atoms with Gasteiger partial charge in [-0.25, -0.2) is 0 Å². The summed E-state index contributed by atoms with van der Waals surface area (Å²) in [6, 6.07) is 0. The Morgan fingerprint density at radius 3 is 2.41 bits per heavy atom. The van der Waals surface area contributed by atoms with Crippen molar-refractivity contribution in [2.24, 2.45) is 0 Å². The largest absolute Gasteiger partial charge is 0.462 e. The molecule has 0 saturated carbocycles. The quantitative estimate of drug-likeness (QED) is 0.425. The Kier molecular flexibility index (Phi) is 11.7. The zero-order valence-corrected chi connectivity index (χ0v) is 12.3. The van der Waals surface area contributed by atoms with Crippen LogP contribution in [0.1, 0.15) is 59.3 Å². The molecular formula is C14H26O2S. The van der Waals surface area contributed by atoms with Crippen LogP contribution in [0.4, 0.5) is 0 Å². The van der Waals surface area contributed by atoms with Gasteiger partial charge in [0.05, 0.1) is 0 Å². The van der Waals surface area contributed by atoms with Crippen molar-refractivity contribution >= 4 is 17.7 Å². The topological polar surface area (TPSA) is 26.3 Å². The van der Waals surface area contributed by atoms with Crippen molar-refractivity contribution in [3.05, 3.63) is 11.0 Å². The van der Waals surface area contributed by atoms with Gasteiger partial charge in [0, 0.05) is 6.92 Å². The first kappa shape index (κ1) is 16.6. The van der Waals surface area contributed by atoms with Gasteiger partial charge in [0.25, 0.3) is 0 Å². The molecule has 0 spiro atoms. The van der Waals surface area contributed by atoms with Crippen molar-refractivity contribution in [3.63, 3.8) is 0 Å². The van der Waals surface area contributed by atoms with E-state index in [0.29, 0.717) is 6.61 Å². The van der Waals surface area contributed by atoms with Gasteiger partial charge in [0.1, 0.15) is 6.61 Å². The van der Waals surface area contributed by atoms with Crippen LogP contribution in [0.25, 0.3) is 0 Å². The molecule has 2 nitrogen and oxygen atoms in total. The number of allylic oxidation sites excluding steroid dienone is 1. The predicted molar refractivity (Wildman–Crippen MR) is 76.2 cm³/mol. The third kappa shape index (κ3) is 13.5. The highest BCUT2D eigenvalue weighted by molar-refractivity contribution is 8.03. The number of hydrogen-bond donors (Lipinski definition) is 0. The van der Waals surface area contributed by atoms with Crippen molar-refractivity contribution in [2.45, 2.75) is 59.3 Å². The van der Waals surface area contributed by atoms with Crippen LogP contribution < -0.4 is 0 Å². The maximum absolute atomic E-state index is 10.6. The lowest BCUT2D eigenvalue weighted by Crippen LogP contribution is -1.97. The smallest absolute Gasteiger partial charge is 0.302 e. The van der Waals surface area contributed by atoms with Gasteiger partial charge < -0.3 is 4.74 Å². The molecule has 3 heteroatoms. The molecule has 0 aromatic heterocycles. The van der Waals surface area contributed by atoms with Gasteiger partial charge in [-0.05, 0) is 30.1 Å². The molecule has 0 aromatic rings. The molecule has 0 aromatic carbocycles. The summed E-state index contributed by atoms with van der Waals surface area (Å²) in [6.07, 6.45) is 10.0. The van der Waals surface area contributed by atoms with Crippen LogP contribution >= 0.6 is 11.8 Å². The lowest BCUT2D eigenvalue weighted by molar-refractivity contribution is -0.139. The average Bonchev–Trinajstić information content (AvgIpc) is 2.27. The van der Waals surface area contributed by atoms with Gasteiger partial charge in [0.2, 0.25) is 0 Å². The van der Waals surface area contributed by atoms with E-state index in [4.69, 9.17) is 4.74 Å². The molecule has 0 unspecified atom stereocenters. The molecule has 17 heavy (non-hydrogen) atoms. The van der Waals surface area contributed by atoms with Crippen LogP contribution in [0, 0.1) is 0 Å². The van der Waals surface area contributed by atoms with Gasteiger partial charge in [0.15, 0.2) is 0 Å².